The fourth-order valence-electron chi connectivity index (χ4n) is 1.68. The molecule has 0 aliphatic heterocycles. The minimum Gasteiger partial charge on any atom is -0.481 e. The van der Waals surface area contributed by atoms with Crippen LogP contribution in [0.25, 0.3) is 0 Å². The van der Waals surface area contributed by atoms with Crippen molar-refractivity contribution in [3.8, 4) is 0 Å². The van der Waals surface area contributed by atoms with Crippen LogP contribution in [0.5, 0.6) is 0 Å². The predicted molar refractivity (Wildman–Crippen MR) is 77.1 cm³/mol. The highest BCUT2D eigenvalue weighted by atomic mass is 79.9. The summed E-state index contributed by atoms with van der Waals surface area (Å²) in [4.78, 5) is 23.0. The summed E-state index contributed by atoms with van der Waals surface area (Å²) in [6.07, 6.45) is -0.199. The Morgan fingerprint density at radius 1 is 1.45 bits per heavy atom. The van der Waals surface area contributed by atoms with Crippen molar-refractivity contribution in [3.63, 3.8) is 0 Å². The zero-order valence-corrected chi connectivity index (χ0v) is 13.1. The number of nitrogens with one attached hydrogen (secondary N) is 1. The summed E-state index contributed by atoms with van der Waals surface area (Å²) in [6, 6.07) is 4.03. The summed E-state index contributed by atoms with van der Waals surface area (Å²) in [6.45, 7) is 5.32. The Morgan fingerprint density at radius 3 is 2.50 bits per heavy atom. The molecule has 0 spiro atoms. The van der Waals surface area contributed by atoms with Gasteiger partial charge in [0.15, 0.2) is 0 Å². The molecule has 1 amide bonds. The first-order chi connectivity index (χ1) is 9.15. The van der Waals surface area contributed by atoms with Crippen LogP contribution in [-0.2, 0) is 4.79 Å². The highest BCUT2D eigenvalue weighted by Gasteiger charge is 2.33. The van der Waals surface area contributed by atoms with Crippen molar-refractivity contribution in [1.29, 1.82) is 0 Å². The van der Waals surface area contributed by atoms with E-state index in [0.717, 1.165) is 6.07 Å². The first kappa shape index (κ1) is 16.6. The molecule has 6 heteroatoms. The number of aliphatic carboxylic acids is 1. The number of halogens is 2. The van der Waals surface area contributed by atoms with Crippen LogP contribution in [0, 0.1) is 11.7 Å². The van der Waals surface area contributed by atoms with Gasteiger partial charge in [-0.3, -0.25) is 9.59 Å². The van der Waals surface area contributed by atoms with Crippen molar-refractivity contribution in [2.24, 2.45) is 5.92 Å². The summed E-state index contributed by atoms with van der Waals surface area (Å²) in [5.41, 5.74) is -0.741. The average Bonchev–Trinajstić information content (AvgIpc) is 2.31. The molecule has 0 fully saturated rings. The summed E-state index contributed by atoms with van der Waals surface area (Å²) < 4.78 is 13.7. The lowest BCUT2D eigenvalue weighted by atomic mass is 9.85. The quantitative estimate of drug-likeness (QED) is 0.860. The summed E-state index contributed by atoms with van der Waals surface area (Å²) in [7, 11) is 0. The van der Waals surface area contributed by atoms with E-state index in [1.165, 1.54) is 12.1 Å². The highest BCUT2D eigenvalue weighted by molar-refractivity contribution is 9.10. The average molecular weight is 346 g/mol. The van der Waals surface area contributed by atoms with Crippen LogP contribution in [0.2, 0.25) is 0 Å². The molecule has 1 unspecified atom stereocenters. The molecular formula is C14H17BrFNO3. The lowest BCUT2D eigenvalue weighted by Gasteiger charge is -2.33. The van der Waals surface area contributed by atoms with Gasteiger partial charge in [0, 0.05) is 5.56 Å². The minimum absolute atomic E-state index is 0.0807. The third-order valence-electron chi connectivity index (χ3n) is 3.37. The Kier molecular flexibility index (Phi) is 5.28. The SMILES string of the molecule is CC(C)C(C)(CC(=O)O)NC(=O)c1ccc(Br)c(F)c1. The molecule has 20 heavy (non-hydrogen) atoms. The fourth-order valence-corrected chi connectivity index (χ4v) is 1.92. The van der Waals surface area contributed by atoms with Crippen molar-refractivity contribution in [2.75, 3.05) is 0 Å². The molecular weight excluding hydrogens is 329 g/mol. The number of carbonyl (C=O) groups excluding carboxylic acids is 1. The van der Waals surface area contributed by atoms with Gasteiger partial charge in [0.05, 0.1) is 16.4 Å². The Hall–Kier alpha value is -1.43. The largest absolute Gasteiger partial charge is 0.481 e. The number of hydrogen-bond donors (Lipinski definition) is 2. The maximum atomic E-state index is 13.4. The van der Waals surface area contributed by atoms with E-state index < -0.39 is 23.2 Å². The lowest BCUT2D eigenvalue weighted by molar-refractivity contribution is -0.138. The Morgan fingerprint density at radius 2 is 2.05 bits per heavy atom. The fraction of sp³-hybridized carbons (Fsp3) is 0.429. The van der Waals surface area contributed by atoms with Crippen LogP contribution < -0.4 is 5.32 Å². The van der Waals surface area contributed by atoms with Crippen LogP contribution >= 0.6 is 15.9 Å². The van der Waals surface area contributed by atoms with Crippen molar-refractivity contribution in [3.05, 3.63) is 34.1 Å². The molecule has 1 atom stereocenters. The highest BCUT2D eigenvalue weighted by Crippen LogP contribution is 2.22. The van der Waals surface area contributed by atoms with Crippen LogP contribution in [0.15, 0.2) is 22.7 Å². The zero-order valence-electron chi connectivity index (χ0n) is 11.5. The first-order valence-electron chi connectivity index (χ1n) is 6.15. The zero-order chi connectivity index (χ0) is 15.5. The monoisotopic (exact) mass is 345 g/mol. The number of hydrogen-bond acceptors (Lipinski definition) is 2. The molecule has 1 aromatic carbocycles. The van der Waals surface area contributed by atoms with Crippen molar-refractivity contribution >= 4 is 27.8 Å². The van der Waals surface area contributed by atoms with Crippen molar-refractivity contribution in [2.45, 2.75) is 32.7 Å². The second-order valence-electron chi connectivity index (χ2n) is 5.23. The maximum Gasteiger partial charge on any atom is 0.305 e. The van der Waals surface area contributed by atoms with Gasteiger partial charge in [-0.2, -0.15) is 0 Å². The predicted octanol–water partition coefficient (Wildman–Crippen LogP) is 3.21. The molecule has 110 valence electrons. The molecule has 0 aliphatic carbocycles. The van der Waals surface area contributed by atoms with E-state index in [4.69, 9.17) is 5.11 Å². The first-order valence-corrected chi connectivity index (χ1v) is 6.94. The molecule has 4 nitrogen and oxygen atoms in total. The topological polar surface area (TPSA) is 66.4 Å². The standard InChI is InChI=1S/C14H17BrFNO3/c1-8(2)14(3,7-12(18)19)17-13(20)9-4-5-10(15)11(16)6-9/h4-6,8H,7H2,1-3H3,(H,17,20)(H,18,19). The third-order valence-corrected chi connectivity index (χ3v) is 4.02. The smallest absolute Gasteiger partial charge is 0.305 e. The Balaban J connectivity index is 2.96. The minimum atomic E-state index is -0.997. The molecule has 0 aromatic heterocycles. The number of carboxylic acids is 1. The van der Waals surface area contributed by atoms with E-state index in [1.54, 1.807) is 6.92 Å². The summed E-state index contributed by atoms with van der Waals surface area (Å²) >= 11 is 3.01. The van der Waals surface area contributed by atoms with Crippen LogP contribution in [0.4, 0.5) is 4.39 Å². The second kappa shape index (κ2) is 6.35. The Labute approximate surface area is 125 Å². The molecule has 0 saturated heterocycles. The summed E-state index contributed by atoms with van der Waals surface area (Å²) in [5.74, 6) is -2.11. The number of carbonyl (C=O) groups is 2. The molecule has 0 radical (unpaired) electrons. The van der Waals surface area contributed by atoms with Gasteiger partial charge in [-0.05, 0) is 47.0 Å². The molecule has 1 aromatic rings. The van der Waals surface area contributed by atoms with E-state index in [1.807, 2.05) is 13.8 Å². The third kappa shape index (κ3) is 4.03. The second-order valence-corrected chi connectivity index (χ2v) is 6.08. The molecule has 0 heterocycles. The van der Waals surface area contributed by atoms with Gasteiger partial charge >= 0.3 is 5.97 Å². The molecule has 0 aliphatic rings. The van der Waals surface area contributed by atoms with Gasteiger partial charge in [-0.15, -0.1) is 0 Å². The number of benzene rings is 1. The van der Waals surface area contributed by atoms with E-state index >= 15 is 0 Å². The summed E-state index contributed by atoms with van der Waals surface area (Å²) in [5, 5.41) is 11.6. The van der Waals surface area contributed by atoms with E-state index in [2.05, 4.69) is 21.2 Å². The van der Waals surface area contributed by atoms with Crippen LogP contribution in [-0.4, -0.2) is 22.5 Å². The van der Waals surface area contributed by atoms with Gasteiger partial charge in [-0.25, -0.2) is 4.39 Å². The Bertz CT molecular complexity index is 533. The van der Waals surface area contributed by atoms with E-state index in [9.17, 15) is 14.0 Å². The number of carboxylic acid groups (broad SMARTS) is 1. The van der Waals surface area contributed by atoms with E-state index in [-0.39, 0.29) is 22.4 Å². The van der Waals surface area contributed by atoms with Gasteiger partial charge in [0.25, 0.3) is 5.91 Å². The van der Waals surface area contributed by atoms with Crippen molar-refractivity contribution in [1.82, 2.24) is 5.32 Å². The van der Waals surface area contributed by atoms with Crippen LogP contribution in [0.3, 0.4) is 0 Å². The number of amides is 1. The normalized spacial score (nSPS) is 13.9. The lowest BCUT2D eigenvalue weighted by Crippen LogP contribution is -2.51. The van der Waals surface area contributed by atoms with Crippen LogP contribution in [0.1, 0.15) is 37.6 Å². The van der Waals surface area contributed by atoms with Gasteiger partial charge < -0.3 is 10.4 Å². The molecule has 1 rings (SSSR count). The number of rotatable bonds is 5. The van der Waals surface area contributed by atoms with Crippen molar-refractivity contribution < 1.29 is 19.1 Å². The van der Waals surface area contributed by atoms with Gasteiger partial charge in [0.1, 0.15) is 5.82 Å². The molecule has 2 N–H and O–H groups in total. The van der Waals surface area contributed by atoms with Gasteiger partial charge in [-0.1, -0.05) is 13.8 Å². The van der Waals surface area contributed by atoms with E-state index in [0.29, 0.717) is 0 Å². The molecule has 0 saturated carbocycles. The van der Waals surface area contributed by atoms with Gasteiger partial charge in [0.2, 0.25) is 0 Å². The molecule has 0 bridgehead atoms. The maximum absolute atomic E-state index is 13.4.